The number of aryl methyl sites for hydroxylation is 1. The Labute approximate surface area is 226 Å². The smallest absolute Gasteiger partial charge is 0.418 e. The Kier molecular flexibility index (Phi) is 7.37. The van der Waals surface area contributed by atoms with Gasteiger partial charge in [-0.2, -0.15) is 13.2 Å². The molecule has 0 atom stereocenters. The summed E-state index contributed by atoms with van der Waals surface area (Å²) in [5.74, 6) is -2.03. The summed E-state index contributed by atoms with van der Waals surface area (Å²) in [5, 5.41) is 2.55. The summed E-state index contributed by atoms with van der Waals surface area (Å²) in [4.78, 5) is 21.4. The standard InChI is InChI=1S/C28H26F5N5O2/c1-17-25(38-10-4-7-24(26(38)34-17)40-16-19-21(29)5-3-6-22(19)30)27(39)35-18-8-9-23(20(15-18)28(31,32)33)37-13-11-36(2)12-14-37/h3-10,15H,11-14,16H2,1-2H3,(H,35,39). The predicted octanol–water partition coefficient (Wildman–Crippen LogP) is 5.52. The number of pyridine rings is 1. The summed E-state index contributed by atoms with van der Waals surface area (Å²) in [6, 6.07) is 10.3. The zero-order valence-corrected chi connectivity index (χ0v) is 21.7. The number of anilines is 2. The van der Waals surface area contributed by atoms with E-state index in [0.717, 1.165) is 18.2 Å². The van der Waals surface area contributed by atoms with Crippen molar-refractivity contribution in [2.75, 3.05) is 43.4 Å². The Morgan fingerprint density at radius 3 is 2.40 bits per heavy atom. The number of ether oxygens (including phenoxy) is 1. The second-order valence-corrected chi connectivity index (χ2v) is 9.57. The number of aromatic nitrogens is 2. The van der Waals surface area contributed by atoms with E-state index in [1.165, 1.54) is 28.7 Å². The summed E-state index contributed by atoms with van der Waals surface area (Å²) in [5.41, 5.74) is -0.468. The van der Waals surface area contributed by atoms with Crippen molar-refractivity contribution in [3.8, 4) is 5.75 Å². The predicted molar refractivity (Wildman–Crippen MR) is 140 cm³/mol. The van der Waals surface area contributed by atoms with Crippen molar-refractivity contribution in [3.63, 3.8) is 0 Å². The molecule has 210 valence electrons. The second-order valence-electron chi connectivity index (χ2n) is 9.57. The van der Waals surface area contributed by atoms with Gasteiger partial charge < -0.3 is 19.9 Å². The van der Waals surface area contributed by atoms with Crippen molar-refractivity contribution >= 4 is 22.9 Å². The van der Waals surface area contributed by atoms with Crippen LogP contribution in [0.4, 0.5) is 33.3 Å². The zero-order valence-electron chi connectivity index (χ0n) is 21.7. The van der Waals surface area contributed by atoms with Crippen LogP contribution in [0.15, 0.2) is 54.7 Å². The van der Waals surface area contributed by atoms with Gasteiger partial charge in [-0.15, -0.1) is 0 Å². The number of nitrogens with one attached hydrogen (secondary N) is 1. The molecule has 1 aliphatic rings. The first-order chi connectivity index (χ1) is 19.0. The Morgan fingerprint density at radius 2 is 1.73 bits per heavy atom. The number of fused-ring (bicyclic) bond motifs is 1. The minimum Gasteiger partial charge on any atom is -0.485 e. The Balaban J connectivity index is 1.41. The molecule has 2 aromatic heterocycles. The van der Waals surface area contributed by atoms with Crippen LogP contribution in [0.1, 0.15) is 27.3 Å². The molecule has 40 heavy (non-hydrogen) atoms. The van der Waals surface area contributed by atoms with E-state index in [0.29, 0.717) is 26.2 Å². The van der Waals surface area contributed by atoms with E-state index in [2.05, 4.69) is 10.3 Å². The molecule has 0 aliphatic carbocycles. The fourth-order valence-corrected chi connectivity index (χ4v) is 4.72. The summed E-state index contributed by atoms with van der Waals surface area (Å²) < 4.78 is 77.1. The molecule has 1 amide bonds. The summed E-state index contributed by atoms with van der Waals surface area (Å²) >= 11 is 0. The maximum atomic E-state index is 14.0. The van der Waals surface area contributed by atoms with Gasteiger partial charge in [-0.1, -0.05) is 6.07 Å². The van der Waals surface area contributed by atoms with Gasteiger partial charge in [-0.3, -0.25) is 9.20 Å². The van der Waals surface area contributed by atoms with E-state index >= 15 is 0 Å². The van der Waals surface area contributed by atoms with Crippen molar-refractivity contribution in [1.29, 1.82) is 0 Å². The normalized spacial score (nSPS) is 14.5. The summed E-state index contributed by atoms with van der Waals surface area (Å²) in [6.07, 6.45) is -3.08. The SMILES string of the molecule is Cc1nc2c(OCc3c(F)cccc3F)cccn2c1C(=O)Nc1ccc(N2CCN(C)CC2)c(C(F)(F)F)c1. The van der Waals surface area contributed by atoms with Gasteiger partial charge in [0.05, 0.1) is 16.8 Å². The molecule has 0 bridgehead atoms. The first-order valence-corrected chi connectivity index (χ1v) is 12.5. The minimum atomic E-state index is -4.62. The largest absolute Gasteiger partial charge is 0.485 e. The van der Waals surface area contributed by atoms with E-state index in [-0.39, 0.29) is 39.7 Å². The number of rotatable bonds is 6. The molecule has 1 fully saturated rings. The molecule has 5 rings (SSSR count). The molecule has 0 radical (unpaired) electrons. The van der Waals surface area contributed by atoms with E-state index < -0.39 is 35.9 Å². The number of benzene rings is 2. The highest BCUT2D eigenvalue weighted by Gasteiger charge is 2.36. The third kappa shape index (κ3) is 5.44. The molecular weight excluding hydrogens is 533 g/mol. The molecule has 4 aromatic rings. The van der Waals surface area contributed by atoms with Crippen LogP contribution in [-0.2, 0) is 12.8 Å². The fourth-order valence-electron chi connectivity index (χ4n) is 4.72. The van der Waals surface area contributed by atoms with Crippen LogP contribution in [0.25, 0.3) is 5.65 Å². The number of hydrogen-bond acceptors (Lipinski definition) is 5. The summed E-state index contributed by atoms with van der Waals surface area (Å²) in [6.45, 7) is 3.36. The van der Waals surface area contributed by atoms with Gasteiger partial charge in [-0.05, 0) is 56.4 Å². The molecule has 3 heterocycles. The highest BCUT2D eigenvalue weighted by atomic mass is 19.4. The molecular formula is C28H26F5N5O2. The van der Waals surface area contributed by atoms with Crippen molar-refractivity contribution in [3.05, 3.63) is 88.9 Å². The average molecular weight is 560 g/mol. The Hall–Kier alpha value is -4.19. The molecule has 1 N–H and O–H groups in total. The van der Waals surface area contributed by atoms with E-state index in [1.54, 1.807) is 24.1 Å². The van der Waals surface area contributed by atoms with Crippen LogP contribution < -0.4 is 15.0 Å². The molecule has 0 unspecified atom stereocenters. The number of imidazole rings is 1. The number of amides is 1. The molecule has 2 aromatic carbocycles. The number of piperazine rings is 1. The number of hydrogen-bond donors (Lipinski definition) is 1. The van der Waals surface area contributed by atoms with E-state index in [4.69, 9.17) is 4.74 Å². The monoisotopic (exact) mass is 559 g/mol. The van der Waals surface area contributed by atoms with Crippen LogP contribution in [0.5, 0.6) is 5.75 Å². The number of carbonyl (C=O) groups excluding carboxylic acids is 1. The number of carbonyl (C=O) groups is 1. The lowest BCUT2D eigenvalue weighted by molar-refractivity contribution is -0.137. The maximum absolute atomic E-state index is 14.0. The lowest BCUT2D eigenvalue weighted by Gasteiger charge is -2.35. The van der Waals surface area contributed by atoms with Gasteiger partial charge in [0, 0.05) is 43.8 Å². The van der Waals surface area contributed by atoms with Gasteiger partial charge in [-0.25, -0.2) is 13.8 Å². The van der Waals surface area contributed by atoms with Crippen LogP contribution >= 0.6 is 0 Å². The quantitative estimate of drug-likeness (QED) is 0.315. The van der Waals surface area contributed by atoms with Crippen molar-refractivity contribution < 1.29 is 31.5 Å². The highest BCUT2D eigenvalue weighted by Crippen LogP contribution is 2.39. The fraction of sp³-hybridized carbons (Fsp3) is 0.286. The topological polar surface area (TPSA) is 62.1 Å². The third-order valence-corrected chi connectivity index (χ3v) is 6.84. The van der Waals surface area contributed by atoms with Crippen LogP contribution in [-0.4, -0.2) is 53.4 Å². The van der Waals surface area contributed by atoms with E-state index in [9.17, 15) is 26.7 Å². The number of likely N-dealkylation sites (N-methyl/N-ethyl adjacent to an activating group) is 1. The van der Waals surface area contributed by atoms with Crippen LogP contribution in [0.2, 0.25) is 0 Å². The van der Waals surface area contributed by atoms with Crippen LogP contribution in [0, 0.1) is 18.6 Å². The number of alkyl halides is 3. The molecule has 1 saturated heterocycles. The minimum absolute atomic E-state index is 0.0213. The molecule has 12 heteroatoms. The van der Waals surface area contributed by atoms with Gasteiger partial charge in [0.1, 0.15) is 23.9 Å². The Bertz CT molecular complexity index is 1540. The highest BCUT2D eigenvalue weighted by molar-refractivity contribution is 6.04. The van der Waals surface area contributed by atoms with Gasteiger partial charge in [0.25, 0.3) is 5.91 Å². The second kappa shape index (κ2) is 10.8. The molecule has 0 saturated carbocycles. The molecule has 1 aliphatic heterocycles. The van der Waals surface area contributed by atoms with Gasteiger partial charge in [0.15, 0.2) is 11.4 Å². The lowest BCUT2D eigenvalue weighted by atomic mass is 10.1. The first kappa shape index (κ1) is 27.4. The van der Waals surface area contributed by atoms with Gasteiger partial charge >= 0.3 is 6.18 Å². The zero-order chi connectivity index (χ0) is 28.6. The van der Waals surface area contributed by atoms with E-state index in [1.807, 2.05) is 11.9 Å². The number of halogens is 5. The van der Waals surface area contributed by atoms with Crippen molar-refractivity contribution in [2.24, 2.45) is 0 Å². The maximum Gasteiger partial charge on any atom is 0.418 e. The van der Waals surface area contributed by atoms with Gasteiger partial charge in [0.2, 0.25) is 0 Å². The van der Waals surface area contributed by atoms with Crippen LogP contribution in [0.3, 0.4) is 0 Å². The first-order valence-electron chi connectivity index (χ1n) is 12.5. The Morgan fingerprint density at radius 1 is 1.02 bits per heavy atom. The average Bonchev–Trinajstić information content (AvgIpc) is 3.25. The molecule has 7 nitrogen and oxygen atoms in total. The number of nitrogens with zero attached hydrogens (tertiary/aromatic N) is 4. The molecule has 0 spiro atoms. The van der Waals surface area contributed by atoms with Crippen molar-refractivity contribution in [1.82, 2.24) is 14.3 Å². The third-order valence-electron chi connectivity index (χ3n) is 6.84. The lowest BCUT2D eigenvalue weighted by Crippen LogP contribution is -2.45. The summed E-state index contributed by atoms with van der Waals surface area (Å²) in [7, 11) is 1.92. The van der Waals surface area contributed by atoms with Crippen molar-refractivity contribution in [2.45, 2.75) is 19.7 Å².